The largest absolute Gasteiger partial charge is 0.357 e. The standard InChI is InChI=1S/C19H18FN3O2S2/c20-15-5-3-14(4-6-15)18-12-26-19(22-18)21-11-13-1-9-17(10-2-13)27(24,25)23-16-7-8-16/h1-6,9-10,12,16,23H,7-8,11H2,(H,21,22). The number of anilines is 1. The topological polar surface area (TPSA) is 71.1 Å². The van der Waals surface area contributed by atoms with E-state index in [2.05, 4.69) is 15.0 Å². The van der Waals surface area contributed by atoms with E-state index in [0.717, 1.165) is 34.8 Å². The van der Waals surface area contributed by atoms with Crippen molar-refractivity contribution in [2.24, 2.45) is 0 Å². The van der Waals surface area contributed by atoms with Crippen LogP contribution in [0.15, 0.2) is 58.8 Å². The van der Waals surface area contributed by atoms with Crippen molar-refractivity contribution in [3.05, 3.63) is 65.3 Å². The minimum Gasteiger partial charge on any atom is -0.357 e. The molecule has 5 nitrogen and oxygen atoms in total. The monoisotopic (exact) mass is 403 g/mol. The Bertz CT molecular complexity index is 1030. The molecule has 4 rings (SSSR count). The maximum atomic E-state index is 13.0. The molecule has 0 aliphatic heterocycles. The first-order valence-electron chi connectivity index (χ1n) is 8.56. The van der Waals surface area contributed by atoms with E-state index in [-0.39, 0.29) is 16.8 Å². The Kier molecular flexibility index (Phi) is 4.94. The molecule has 0 bridgehead atoms. The van der Waals surface area contributed by atoms with Gasteiger partial charge in [0.2, 0.25) is 10.0 Å². The minimum atomic E-state index is -3.42. The molecule has 2 N–H and O–H groups in total. The van der Waals surface area contributed by atoms with Crippen LogP contribution in [0.2, 0.25) is 0 Å². The van der Waals surface area contributed by atoms with Crippen LogP contribution in [-0.2, 0) is 16.6 Å². The van der Waals surface area contributed by atoms with Crippen molar-refractivity contribution in [1.29, 1.82) is 0 Å². The number of thiazole rings is 1. The quantitative estimate of drug-likeness (QED) is 0.625. The molecule has 1 heterocycles. The zero-order chi connectivity index (χ0) is 18.9. The number of nitrogens with one attached hydrogen (secondary N) is 2. The molecular formula is C19H18FN3O2S2. The van der Waals surface area contributed by atoms with E-state index < -0.39 is 10.0 Å². The predicted molar refractivity (Wildman–Crippen MR) is 105 cm³/mol. The first-order chi connectivity index (χ1) is 13.0. The van der Waals surface area contributed by atoms with Gasteiger partial charge in [-0.25, -0.2) is 22.5 Å². The molecule has 8 heteroatoms. The van der Waals surface area contributed by atoms with Crippen LogP contribution in [0.3, 0.4) is 0 Å². The van der Waals surface area contributed by atoms with E-state index in [1.807, 2.05) is 5.38 Å². The van der Waals surface area contributed by atoms with Crippen molar-refractivity contribution in [1.82, 2.24) is 9.71 Å². The summed E-state index contributed by atoms with van der Waals surface area (Å²) in [5.41, 5.74) is 2.60. The van der Waals surface area contributed by atoms with Gasteiger partial charge in [0.05, 0.1) is 10.6 Å². The molecule has 0 amide bonds. The summed E-state index contributed by atoms with van der Waals surface area (Å²) in [5, 5.41) is 5.89. The third-order valence-electron chi connectivity index (χ3n) is 4.22. The molecule has 1 aromatic heterocycles. The summed E-state index contributed by atoms with van der Waals surface area (Å²) in [7, 11) is -3.42. The van der Waals surface area contributed by atoms with Crippen molar-refractivity contribution in [3.63, 3.8) is 0 Å². The van der Waals surface area contributed by atoms with Crippen molar-refractivity contribution in [3.8, 4) is 11.3 Å². The molecule has 0 unspecified atom stereocenters. The van der Waals surface area contributed by atoms with E-state index in [9.17, 15) is 12.8 Å². The lowest BCUT2D eigenvalue weighted by Crippen LogP contribution is -2.25. The van der Waals surface area contributed by atoms with E-state index in [0.29, 0.717) is 6.54 Å². The molecule has 0 radical (unpaired) electrons. The fourth-order valence-corrected chi connectivity index (χ4v) is 4.58. The van der Waals surface area contributed by atoms with Crippen LogP contribution in [0.4, 0.5) is 9.52 Å². The summed E-state index contributed by atoms with van der Waals surface area (Å²) in [4.78, 5) is 4.78. The summed E-state index contributed by atoms with van der Waals surface area (Å²) in [6, 6.07) is 13.1. The first-order valence-corrected chi connectivity index (χ1v) is 10.9. The zero-order valence-electron chi connectivity index (χ0n) is 14.4. The molecule has 1 saturated carbocycles. The van der Waals surface area contributed by atoms with Gasteiger partial charge in [-0.3, -0.25) is 0 Å². The highest BCUT2D eigenvalue weighted by atomic mass is 32.2. The number of rotatable bonds is 7. The van der Waals surface area contributed by atoms with Crippen molar-refractivity contribution in [2.75, 3.05) is 5.32 Å². The fourth-order valence-electron chi connectivity index (χ4n) is 2.56. The number of nitrogens with zero attached hydrogens (tertiary/aromatic N) is 1. The zero-order valence-corrected chi connectivity index (χ0v) is 16.0. The van der Waals surface area contributed by atoms with E-state index in [1.54, 1.807) is 36.4 Å². The van der Waals surface area contributed by atoms with Crippen LogP contribution >= 0.6 is 11.3 Å². The summed E-state index contributed by atoms with van der Waals surface area (Å²) in [5.74, 6) is -0.273. The van der Waals surface area contributed by atoms with Gasteiger partial charge in [0.25, 0.3) is 0 Å². The van der Waals surface area contributed by atoms with Crippen LogP contribution in [-0.4, -0.2) is 19.4 Å². The van der Waals surface area contributed by atoms with Crippen LogP contribution in [0.1, 0.15) is 18.4 Å². The Morgan fingerprint density at radius 3 is 2.44 bits per heavy atom. The highest BCUT2D eigenvalue weighted by molar-refractivity contribution is 7.89. The van der Waals surface area contributed by atoms with Gasteiger partial charge in [0.15, 0.2) is 5.13 Å². The summed E-state index contributed by atoms with van der Waals surface area (Å²) >= 11 is 1.47. The maximum absolute atomic E-state index is 13.0. The van der Waals surface area contributed by atoms with Gasteiger partial charge in [0, 0.05) is 23.5 Å². The van der Waals surface area contributed by atoms with Crippen LogP contribution in [0.5, 0.6) is 0 Å². The average molecular weight is 404 g/mol. The molecule has 27 heavy (non-hydrogen) atoms. The second kappa shape index (κ2) is 7.38. The molecule has 1 aliphatic rings. The van der Waals surface area contributed by atoms with Gasteiger partial charge in [-0.15, -0.1) is 11.3 Å². The summed E-state index contributed by atoms with van der Waals surface area (Å²) in [6.45, 7) is 0.534. The Hall–Kier alpha value is -2.29. The van der Waals surface area contributed by atoms with Crippen LogP contribution in [0, 0.1) is 5.82 Å². The number of hydrogen-bond donors (Lipinski definition) is 2. The molecule has 1 aliphatic carbocycles. The van der Waals surface area contributed by atoms with E-state index in [1.165, 1.54) is 23.5 Å². The molecule has 1 fully saturated rings. The van der Waals surface area contributed by atoms with Crippen molar-refractivity contribution < 1.29 is 12.8 Å². The normalized spacial score (nSPS) is 14.3. The lowest BCUT2D eigenvalue weighted by molar-refractivity contribution is 0.581. The number of benzene rings is 2. The number of sulfonamides is 1. The Labute approximate surface area is 161 Å². The fraction of sp³-hybridized carbons (Fsp3) is 0.211. The average Bonchev–Trinajstić information content (AvgIpc) is 3.33. The molecule has 0 atom stereocenters. The first kappa shape index (κ1) is 18.1. The molecule has 0 saturated heterocycles. The predicted octanol–water partition coefficient (Wildman–Crippen LogP) is 4.00. The van der Waals surface area contributed by atoms with Gasteiger partial charge in [-0.1, -0.05) is 12.1 Å². The smallest absolute Gasteiger partial charge is 0.240 e. The Balaban J connectivity index is 1.38. The highest BCUT2D eigenvalue weighted by Crippen LogP contribution is 2.26. The van der Waals surface area contributed by atoms with Crippen LogP contribution < -0.4 is 10.0 Å². The van der Waals surface area contributed by atoms with Gasteiger partial charge >= 0.3 is 0 Å². The summed E-state index contributed by atoms with van der Waals surface area (Å²) in [6.07, 6.45) is 1.82. The Morgan fingerprint density at radius 1 is 1.07 bits per heavy atom. The maximum Gasteiger partial charge on any atom is 0.240 e. The van der Waals surface area contributed by atoms with Gasteiger partial charge in [0.1, 0.15) is 5.82 Å². The van der Waals surface area contributed by atoms with Gasteiger partial charge in [-0.05, 0) is 54.8 Å². The number of aromatic nitrogens is 1. The molecule has 3 aromatic rings. The third-order valence-corrected chi connectivity index (χ3v) is 6.56. The minimum absolute atomic E-state index is 0.0940. The highest BCUT2D eigenvalue weighted by Gasteiger charge is 2.27. The van der Waals surface area contributed by atoms with E-state index in [4.69, 9.17) is 0 Å². The second-order valence-electron chi connectivity index (χ2n) is 6.44. The Morgan fingerprint density at radius 2 is 1.78 bits per heavy atom. The van der Waals surface area contributed by atoms with Crippen molar-refractivity contribution >= 4 is 26.5 Å². The number of halogens is 1. The van der Waals surface area contributed by atoms with Gasteiger partial charge in [-0.2, -0.15) is 0 Å². The lowest BCUT2D eigenvalue weighted by atomic mass is 10.2. The second-order valence-corrected chi connectivity index (χ2v) is 9.01. The molecular weight excluding hydrogens is 385 g/mol. The third kappa shape index (κ3) is 4.52. The molecule has 2 aromatic carbocycles. The van der Waals surface area contributed by atoms with Gasteiger partial charge < -0.3 is 5.32 Å². The van der Waals surface area contributed by atoms with E-state index >= 15 is 0 Å². The number of hydrogen-bond acceptors (Lipinski definition) is 5. The van der Waals surface area contributed by atoms with Crippen LogP contribution in [0.25, 0.3) is 11.3 Å². The molecule has 0 spiro atoms. The molecule has 140 valence electrons. The van der Waals surface area contributed by atoms with Crippen molar-refractivity contribution in [2.45, 2.75) is 30.3 Å². The lowest BCUT2D eigenvalue weighted by Gasteiger charge is -2.07. The summed E-state index contributed by atoms with van der Waals surface area (Å²) < 4.78 is 40.0. The SMILES string of the molecule is O=S(=O)(NC1CC1)c1ccc(CNc2nc(-c3ccc(F)cc3)cs2)cc1.